The highest BCUT2D eigenvalue weighted by molar-refractivity contribution is 6.01. The predicted octanol–water partition coefficient (Wildman–Crippen LogP) is 4.42. The van der Waals surface area contributed by atoms with Gasteiger partial charge in [0.05, 0.1) is 5.56 Å². The van der Waals surface area contributed by atoms with Gasteiger partial charge in [0.25, 0.3) is 5.91 Å². The van der Waals surface area contributed by atoms with Crippen LogP contribution in [0.5, 0.6) is 5.75 Å². The van der Waals surface area contributed by atoms with Gasteiger partial charge in [0.1, 0.15) is 18.5 Å². The van der Waals surface area contributed by atoms with Gasteiger partial charge in [0, 0.05) is 11.3 Å². The number of amides is 1. The Morgan fingerprint density at radius 1 is 1.08 bits per heavy atom. The van der Waals surface area contributed by atoms with E-state index in [-0.39, 0.29) is 16.9 Å². The summed E-state index contributed by atoms with van der Waals surface area (Å²) >= 11 is 0. The van der Waals surface area contributed by atoms with E-state index in [1.807, 2.05) is 0 Å². The number of nitrogens with one attached hydrogen (secondary N) is 1. The fourth-order valence-electron chi connectivity index (χ4n) is 2.80. The molecule has 0 saturated heterocycles. The third-order valence-corrected chi connectivity index (χ3v) is 3.80. The summed E-state index contributed by atoms with van der Waals surface area (Å²) in [6, 6.07) is 11.5. The molecule has 3 rings (SSSR count). The second kappa shape index (κ2) is 6.81. The van der Waals surface area contributed by atoms with Crippen LogP contribution in [0.4, 0.5) is 27.6 Å². The van der Waals surface area contributed by atoms with Gasteiger partial charge in [-0.05, 0) is 18.2 Å². The van der Waals surface area contributed by atoms with Gasteiger partial charge in [-0.25, -0.2) is 0 Å². The summed E-state index contributed by atoms with van der Waals surface area (Å²) in [5.41, 5.74) is 0.382. The average molecular weight is 372 g/mol. The van der Waals surface area contributed by atoms with Gasteiger partial charge < -0.3 is 15.0 Å². The van der Waals surface area contributed by atoms with E-state index >= 15 is 0 Å². The van der Waals surface area contributed by atoms with Crippen LogP contribution in [0.3, 0.4) is 0 Å². The van der Waals surface area contributed by atoms with Gasteiger partial charge in [-0.1, -0.05) is 30.3 Å². The summed E-state index contributed by atoms with van der Waals surface area (Å²) in [4.78, 5) is 13.2. The second-order valence-corrected chi connectivity index (χ2v) is 5.56. The molecule has 0 aromatic heterocycles. The second-order valence-electron chi connectivity index (χ2n) is 5.56. The zero-order valence-electron chi connectivity index (χ0n) is 13.1. The molecule has 1 atom stereocenters. The number of alkyl halides is 5. The van der Waals surface area contributed by atoms with Crippen molar-refractivity contribution >= 4 is 11.6 Å². The molecule has 2 aromatic rings. The number of ether oxygens (including phenoxy) is 1. The van der Waals surface area contributed by atoms with Gasteiger partial charge in [-0.2, -0.15) is 22.0 Å². The van der Waals surface area contributed by atoms with Crippen molar-refractivity contribution in [1.29, 1.82) is 0 Å². The maximum atomic E-state index is 13.0. The van der Waals surface area contributed by atoms with Crippen molar-refractivity contribution in [1.82, 2.24) is 4.90 Å². The molecule has 0 fully saturated rings. The molecular formula is C17H13F5N2O2. The SMILES string of the molecule is O=C1c2ccccc2NC(c2ccccc2OC(F)F)N1CC(F)(F)F. The van der Waals surface area contributed by atoms with Crippen molar-refractivity contribution in [2.45, 2.75) is 19.0 Å². The number of benzene rings is 2. The number of para-hydroxylation sites is 2. The molecule has 0 spiro atoms. The number of fused-ring (bicyclic) bond motifs is 1. The maximum absolute atomic E-state index is 13.0. The fourth-order valence-corrected chi connectivity index (χ4v) is 2.80. The molecule has 1 unspecified atom stereocenters. The Labute approximate surface area is 145 Å². The normalized spacial score (nSPS) is 17.1. The van der Waals surface area contributed by atoms with Crippen LogP contribution < -0.4 is 10.1 Å². The molecule has 2 aromatic carbocycles. The number of halogens is 5. The lowest BCUT2D eigenvalue weighted by Crippen LogP contribution is -2.47. The zero-order chi connectivity index (χ0) is 18.9. The number of anilines is 1. The van der Waals surface area contributed by atoms with E-state index in [0.717, 1.165) is 0 Å². The lowest BCUT2D eigenvalue weighted by Gasteiger charge is -2.38. The lowest BCUT2D eigenvalue weighted by molar-refractivity contribution is -0.144. The maximum Gasteiger partial charge on any atom is 0.406 e. The first-order chi connectivity index (χ1) is 12.3. The highest BCUT2D eigenvalue weighted by Crippen LogP contribution is 2.38. The van der Waals surface area contributed by atoms with Crippen LogP contribution in [-0.2, 0) is 0 Å². The minimum atomic E-state index is -4.67. The predicted molar refractivity (Wildman–Crippen MR) is 83.0 cm³/mol. The first-order valence-electron chi connectivity index (χ1n) is 7.53. The number of hydrogen-bond acceptors (Lipinski definition) is 3. The summed E-state index contributed by atoms with van der Waals surface area (Å²) in [6.45, 7) is -4.69. The van der Waals surface area contributed by atoms with E-state index in [1.165, 1.54) is 42.5 Å². The van der Waals surface area contributed by atoms with E-state index in [9.17, 15) is 26.7 Å². The fraction of sp³-hybridized carbons (Fsp3) is 0.235. The average Bonchev–Trinajstić information content (AvgIpc) is 2.56. The molecule has 1 N–H and O–H groups in total. The highest BCUT2D eigenvalue weighted by Gasteiger charge is 2.41. The number of hydrogen-bond donors (Lipinski definition) is 1. The standard InChI is InChI=1S/C17H13F5N2O2/c18-16(19)26-13-8-4-2-6-11(13)14-23-12-7-3-1-5-10(12)15(25)24(14)9-17(20,21)22/h1-8,14,16,23H,9H2. The van der Waals surface area contributed by atoms with Crippen LogP contribution in [0, 0.1) is 0 Å². The minimum Gasteiger partial charge on any atom is -0.434 e. The van der Waals surface area contributed by atoms with E-state index in [2.05, 4.69) is 10.1 Å². The Bertz CT molecular complexity index is 810. The molecule has 1 aliphatic rings. The Balaban J connectivity index is 2.07. The molecule has 1 amide bonds. The van der Waals surface area contributed by atoms with E-state index in [1.54, 1.807) is 6.07 Å². The van der Waals surface area contributed by atoms with E-state index in [4.69, 9.17) is 0 Å². The summed E-state index contributed by atoms with van der Waals surface area (Å²) in [6.07, 6.45) is -5.98. The van der Waals surface area contributed by atoms with Crippen molar-refractivity contribution in [2.75, 3.05) is 11.9 Å². The van der Waals surface area contributed by atoms with Gasteiger partial charge in [0.2, 0.25) is 0 Å². The Morgan fingerprint density at radius 3 is 2.42 bits per heavy atom. The molecule has 1 heterocycles. The van der Waals surface area contributed by atoms with Gasteiger partial charge in [-0.15, -0.1) is 0 Å². The molecule has 0 aliphatic carbocycles. The topological polar surface area (TPSA) is 41.6 Å². The van der Waals surface area contributed by atoms with Crippen molar-refractivity contribution in [3.63, 3.8) is 0 Å². The van der Waals surface area contributed by atoms with E-state index in [0.29, 0.717) is 10.6 Å². The molecule has 4 nitrogen and oxygen atoms in total. The molecule has 1 aliphatic heterocycles. The zero-order valence-corrected chi connectivity index (χ0v) is 13.1. The number of carbonyl (C=O) groups excluding carboxylic acids is 1. The third kappa shape index (κ3) is 3.71. The number of rotatable bonds is 4. The molecule has 26 heavy (non-hydrogen) atoms. The summed E-state index contributed by atoms with van der Waals surface area (Å²) in [5.74, 6) is -1.16. The van der Waals surface area contributed by atoms with Crippen LogP contribution in [0.2, 0.25) is 0 Å². The van der Waals surface area contributed by atoms with Gasteiger partial charge in [-0.3, -0.25) is 4.79 Å². The largest absolute Gasteiger partial charge is 0.434 e. The summed E-state index contributed by atoms with van der Waals surface area (Å²) in [7, 11) is 0. The van der Waals surface area contributed by atoms with Crippen molar-refractivity contribution in [3.8, 4) is 5.75 Å². The third-order valence-electron chi connectivity index (χ3n) is 3.80. The van der Waals surface area contributed by atoms with Crippen molar-refractivity contribution in [3.05, 3.63) is 59.7 Å². The van der Waals surface area contributed by atoms with Crippen LogP contribution in [0.25, 0.3) is 0 Å². The van der Waals surface area contributed by atoms with Gasteiger partial charge >= 0.3 is 12.8 Å². The number of nitrogens with zero attached hydrogens (tertiary/aromatic N) is 1. The van der Waals surface area contributed by atoms with Crippen LogP contribution in [0.1, 0.15) is 22.1 Å². The van der Waals surface area contributed by atoms with Crippen molar-refractivity contribution in [2.24, 2.45) is 0 Å². The van der Waals surface area contributed by atoms with Crippen LogP contribution >= 0.6 is 0 Å². The Morgan fingerprint density at radius 2 is 1.73 bits per heavy atom. The summed E-state index contributed by atoms with van der Waals surface area (Å²) < 4.78 is 68.8. The Kier molecular flexibility index (Phi) is 4.71. The summed E-state index contributed by atoms with van der Waals surface area (Å²) in [5, 5.41) is 2.81. The quantitative estimate of drug-likeness (QED) is 0.808. The van der Waals surface area contributed by atoms with Crippen molar-refractivity contribution < 1.29 is 31.5 Å². The molecule has 9 heteroatoms. The Hall–Kier alpha value is -2.84. The minimum absolute atomic E-state index is 0.0000898. The smallest absolute Gasteiger partial charge is 0.406 e. The van der Waals surface area contributed by atoms with Gasteiger partial charge in [0.15, 0.2) is 0 Å². The molecule has 0 radical (unpaired) electrons. The number of carbonyl (C=O) groups is 1. The highest BCUT2D eigenvalue weighted by atomic mass is 19.4. The van der Waals surface area contributed by atoms with Crippen LogP contribution in [0.15, 0.2) is 48.5 Å². The lowest BCUT2D eigenvalue weighted by atomic mass is 10.0. The molecular weight excluding hydrogens is 359 g/mol. The van der Waals surface area contributed by atoms with Crippen LogP contribution in [-0.4, -0.2) is 30.1 Å². The first kappa shape index (κ1) is 18.0. The first-order valence-corrected chi connectivity index (χ1v) is 7.53. The molecule has 138 valence electrons. The molecule has 0 bridgehead atoms. The van der Waals surface area contributed by atoms with E-state index < -0.39 is 31.4 Å². The molecule has 0 saturated carbocycles. The monoisotopic (exact) mass is 372 g/mol.